The Balaban J connectivity index is 3.07. The molecule has 0 aromatic heterocycles. The van der Waals surface area contributed by atoms with Crippen LogP contribution < -0.4 is 0 Å². The summed E-state index contributed by atoms with van der Waals surface area (Å²) in [5.74, 6) is -0.255. The van der Waals surface area contributed by atoms with Gasteiger partial charge in [0.2, 0.25) is 0 Å². The molecule has 0 radical (unpaired) electrons. The lowest BCUT2D eigenvalue weighted by Gasteiger charge is -2.05. The largest absolute Gasteiger partial charge is 0.197 e. The standard InChI is InChI=1S/C11H9Cl2N/c1-2-3-9(7-14)8-4-5-10(12)11(13)6-8/h2-6,9H,1H3. The summed E-state index contributed by atoms with van der Waals surface area (Å²) in [6, 6.07) is 7.41. The van der Waals surface area contributed by atoms with Crippen molar-refractivity contribution < 1.29 is 0 Å². The monoisotopic (exact) mass is 225 g/mol. The minimum Gasteiger partial charge on any atom is -0.197 e. The summed E-state index contributed by atoms with van der Waals surface area (Å²) in [6.07, 6.45) is 3.66. The Hall–Kier alpha value is -0.970. The van der Waals surface area contributed by atoms with E-state index in [2.05, 4.69) is 6.07 Å². The van der Waals surface area contributed by atoms with Crippen LogP contribution in [0.5, 0.6) is 0 Å². The summed E-state index contributed by atoms with van der Waals surface area (Å²) in [5.41, 5.74) is 0.861. The molecule has 14 heavy (non-hydrogen) atoms. The molecule has 1 rings (SSSR count). The molecular formula is C11H9Cl2N. The molecule has 0 amide bonds. The molecule has 0 aliphatic carbocycles. The quantitative estimate of drug-likeness (QED) is 0.694. The van der Waals surface area contributed by atoms with Gasteiger partial charge in [0, 0.05) is 0 Å². The van der Waals surface area contributed by atoms with E-state index in [1.54, 1.807) is 12.1 Å². The van der Waals surface area contributed by atoms with Gasteiger partial charge in [0.1, 0.15) is 0 Å². The fourth-order valence-electron chi connectivity index (χ4n) is 1.13. The molecule has 0 fully saturated rings. The van der Waals surface area contributed by atoms with Crippen molar-refractivity contribution in [2.75, 3.05) is 0 Å². The molecule has 1 atom stereocenters. The van der Waals surface area contributed by atoms with E-state index in [1.807, 2.05) is 25.1 Å². The Morgan fingerprint density at radius 2 is 2.07 bits per heavy atom. The third-order valence-electron chi connectivity index (χ3n) is 1.83. The van der Waals surface area contributed by atoms with E-state index in [9.17, 15) is 0 Å². The predicted molar refractivity (Wildman–Crippen MR) is 59.6 cm³/mol. The molecule has 0 saturated carbocycles. The molecule has 72 valence electrons. The van der Waals surface area contributed by atoms with Crippen LogP contribution in [0, 0.1) is 11.3 Å². The molecule has 1 nitrogen and oxygen atoms in total. The Bertz CT molecular complexity index is 391. The molecule has 1 unspecified atom stereocenters. The SMILES string of the molecule is CC=CC(C#N)c1ccc(Cl)c(Cl)c1. The highest BCUT2D eigenvalue weighted by atomic mass is 35.5. The van der Waals surface area contributed by atoms with Crippen LogP contribution in [0.15, 0.2) is 30.4 Å². The van der Waals surface area contributed by atoms with Gasteiger partial charge in [-0.05, 0) is 24.6 Å². The van der Waals surface area contributed by atoms with Gasteiger partial charge in [-0.1, -0.05) is 41.4 Å². The molecule has 3 heteroatoms. The fourth-order valence-corrected chi connectivity index (χ4v) is 1.43. The lowest BCUT2D eigenvalue weighted by Crippen LogP contribution is -1.90. The normalized spacial score (nSPS) is 12.7. The third-order valence-corrected chi connectivity index (χ3v) is 2.57. The minimum atomic E-state index is -0.255. The lowest BCUT2D eigenvalue weighted by atomic mass is 10.0. The zero-order valence-electron chi connectivity index (χ0n) is 7.67. The van der Waals surface area contributed by atoms with Gasteiger partial charge in [-0.3, -0.25) is 0 Å². The molecule has 0 bridgehead atoms. The molecular weight excluding hydrogens is 217 g/mol. The van der Waals surface area contributed by atoms with Gasteiger partial charge in [0.05, 0.1) is 22.0 Å². The van der Waals surface area contributed by atoms with Crippen molar-refractivity contribution in [3.8, 4) is 6.07 Å². The molecule has 0 spiro atoms. The topological polar surface area (TPSA) is 23.8 Å². The zero-order valence-corrected chi connectivity index (χ0v) is 9.18. The fraction of sp³-hybridized carbons (Fsp3) is 0.182. The molecule has 0 heterocycles. The first-order valence-corrected chi connectivity index (χ1v) is 4.92. The first-order valence-electron chi connectivity index (χ1n) is 4.16. The van der Waals surface area contributed by atoms with E-state index in [0.717, 1.165) is 5.56 Å². The number of hydrogen-bond donors (Lipinski definition) is 0. The van der Waals surface area contributed by atoms with Crippen LogP contribution in [-0.2, 0) is 0 Å². The van der Waals surface area contributed by atoms with Gasteiger partial charge in [-0.15, -0.1) is 0 Å². The van der Waals surface area contributed by atoms with Gasteiger partial charge in [-0.25, -0.2) is 0 Å². The summed E-state index contributed by atoms with van der Waals surface area (Å²) in [5, 5.41) is 9.88. The van der Waals surface area contributed by atoms with Crippen molar-refractivity contribution in [3.63, 3.8) is 0 Å². The number of halogens is 2. The Morgan fingerprint density at radius 1 is 1.36 bits per heavy atom. The van der Waals surface area contributed by atoms with Gasteiger partial charge in [0.25, 0.3) is 0 Å². The molecule has 0 N–H and O–H groups in total. The van der Waals surface area contributed by atoms with E-state index in [1.165, 1.54) is 0 Å². The Kier molecular flexibility index (Phi) is 4.00. The highest BCUT2D eigenvalue weighted by Crippen LogP contribution is 2.26. The molecule has 0 aliphatic rings. The summed E-state index contributed by atoms with van der Waals surface area (Å²) in [4.78, 5) is 0. The first kappa shape index (κ1) is 11.1. The van der Waals surface area contributed by atoms with E-state index in [-0.39, 0.29) is 5.92 Å². The number of allylic oxidation sites excluding steroid dienone is 2. The van der Waals surface area contributed by atoms with Crippen molar-refractivity contribution in [3.05, 3.63) is 46.0 Å². The van der Waals surface area contributed by atoms with Crippen molar-refractivity contribution in [2.24, 2.45) is 0 Å². The van der Waals surface area contributed by atoms with E-state index in [0.29, 0.717) is 10.0 Å². The van der Waals surface area contributed by atoms with Gasteiger partial charge >= 0.3 is 0 Å². The lowest BCUT2D eigenvalue weighted by molar-refractivity contribution is 1.09. The minimum absolute atomic E-state index is 0.255. The molecule has 0 aliphatic heterocycles. The molecule has 1 aromatic carbocycles. The highest BCUT2D eigenvalue weighted by molar-refractivity contribution is 6.42. The zero-order chi connectivity index (χ0) is 10.6. The number of rotatable bonds is 2. The van der Waals surface area contributed by atoms with Crippen molar-refractivity contribution in [1.29, 1.82) is 5.26 Å². The summed E-state index contributed by atoms with van der Waals surface area (Å²) in [6.45, 7) is 1.88. The number of benzene rings is 1. The maximum Gasteiger partial charge on any atom is 0.0894 e. The average molecular weight is 226 g/mol. The van der Waals surface area contributed by atoms with Crippen LogP contribution in [0.4, 0.5) is 0 Å². The summed E-state index contributed by atoms with van der Waals surface area (Å²) < 4.78 is 0. The summed E-state index contributed by atoms with van der Waals surface area (Å²) in [7, 11) is 0. The van der Waals surface area contributed by atoms with E-state index in [4.69, 9.17) is 28.5 Å². The maximum atomic E-state index is 8.89. The second-order valence-electron chi connectivity index (χ2n) is 2.81. The van der Waals surface area contributed by atoms with E-state index >= 15 is 0 Å². The van der Waals surface area contributed by atoms with Crippen molar-refractivity contribution in [1.82, 2.24) is 0 Å². The van der Waals surface area contributed by atoms with Crippen LogP contribution in [-0.4, -0.2) is 0 Å². The van der Waals surface area contributed by atoms with Gasteiger partial charge < -0.3 is 0 Å². The van der Waals surface area contributed by atoms with Crippen molar-refractivity contribution >= 4 is 23.2 Å². The highest BCUT2D eigenvalue weighted by Gasteiger charge is 2.07. The Labute approximate surface area is 93.6 Å². The first-order chi connectivity index (χ1) is 6.69. The third kappa shape index (κ3) is 2.51. The van der Waals surface area contributed by atoms with Crippen LogP contribution in [0.2, 0.25) is 10.0 Å². The summed E-state index contributed by atoms with van der Waals surface area (Å²) >= 11 is 11.6. The average Bonchev–Trinajstić information content (AvgIpc) is 2.19. The van der Waals surface area contributed by atoms with Crippen LogP contribution in [0.25, 0.3) is 0 Å². The van der Waals surface area contributed by atoms with E-state index < -0.39 is 0 Å². The van der Waals surface area contributed by atoms with Crippen molar-refractivity contribution in [2.45, 2.75) is 12.8 Å². The molecule has 1 aromatic rings. The maximum absolute atomic E-state index is 8.89. The molecule has 0 saturated heterocycles. The second kappa shape index (κ2) is 5.05. The Morgan fingerprint density at radius 3 is 2.57 bits per heavy atom. The second-order valence-corrected chi connectivity index (χ2v) is 3.62. The van der Waals surface area contributed by atoms with Gasteiger partial charge in [-0.2, -0.15) is 5.26 Å². The smallest absolute Gasteiger partial charge is 0.0894 e. The number of hydrogen-bond acceptors (Lipinski definition) is 1. The van der Waals surface area contributed by atoms with Crippen LogP contribution in [0.1, 0.15) is 18.4 Å². The number of nitrogens with zero attached hydrogens (tertiary/aromatic N) is 1. The van der Waals surface area contributed by atoms with Crippen LogP contribution in [0.3, 0.4) is 0 Å². The predicted octanol–water partition coefficient (Wildman–Crippen LogP) is 4.18. The van der Waals surface area contributed by atoms with Gasteiger partial charge in [0.15, 0.2) is 0 Å². The number of nitriles is 1. The van der Waals surface area contributed by atoms with Crippen LogP contribution >= 0.6 is 23.2 Å².